The molecule has 6 atom stereocenters. The van der Waals surface area contributed by atoms with E-state index < -0.39 is 6.29 Å². The molecule has 4 rings (SSSR count). The summed E-state index contributed by atoms with van der Waals surface area (Å²) in [6, 6.07) is 7.79. The molecule has 7 nitrogen and oxygen atoms in total. The Morgan fingerprint density at radius 3 is 2.56 bits per heavy atom. The van der Waals surface area contributed by atoms with Crippen LogP contribution in [0.3, 0.4) is 0 Å². The first-order chi connectivity index (χ1) is 13.3. The van der Waals surface area contributed by atoms with E-state index in [-0.39, 0.29) is 30.7 Å². The zero-order valence-electron chi connectivity index (χ0n) is 15.9. The summed E-state index contributed by atoms with van der Waals surface area (Å²) < 4.78 is 40.9. The highest BCUT2D eigenvalue weighted by atomic mass is 16.8. The van der Waals surface area contributed by atoms with Crippen LogP contribution in [0.4, 0.5) is 0 Å². The molecule has 0 aliphatic carbocycles. The van der Waals surface area contributed by atoms with E-state index in [0.717, 1.165) is 37.2 Å². The van der Waals surface area contributed by atoms with Crippen molar-refractivity contribution in [3.05, 3.63) is 29.8 Å². The molecule has 1 aromatic rings. The Morgan fingerprint density at radius 2 is 1.85 bits per heavy atom. The molecule has 2 bridgehead atoms. The second-order valence-electron chi connectivity index (χ2n) is 7.10. The largest absolute Gasteiger partial charge is 0.497 e. The molecule has 3 heterocycles. The van der Waals surface area contributed by atoms with Gasteiger partial charge in [0, 0.05) is 13.7 Å². The lowest BCUT2D eigenvalue weighted by Crippen LogP contribution is -2.57. The maximum atomic E-state index is 6.23. The Kier molecular flexibility index (Phi) is 6.27. The second-order valence-corrected chi connectivity index (χ2v) is 7.10. The molecule has 3 aliphatic rings. The Bertz CT molecular complexity index is 586. The molecule has 0 N–H and O–H groups in total. The fraction of sp³-hybridized carbons (Fsp3) is 0.700. The van der Waals surface area contributed by atoms with E-state index in [2.05, 4.69) is 0 Å². The van der Waals surface area contributed by atoms with Gasteiger partial charge in [0.2, 0.25) is 0 Å². The topological polar surface area (TPSA) is 64.6 Å². The molecule has 0 spiro atoms. The van der Waals surface area contributed by atoms with Crippen LogP contribution >= 0.6 is 0 Å². The molecular weight excluding hydrogens is 352 g/mol. The summed E-state index contributed by atoms with van der Waals surface area (Å²) in [5.41, 5.74) is 1.04. The third-order valence-electron chi connectivity index (χ3n) is 5.34. The lowest BCUT2D eigenvalue weighted by Gasteiger charge is -2.41. The van der Waals surface area contributed by atoms with Gasteiger partial charge in [-0.3, -0.25) is 0 Å². The van der Waals surface area contributed by atoms with E-state index >= 15 is 0 Å². The summed E-state index contributed by atoms with van der Waals surface area (Å²) in [4.78, 5) is 0. The maximum Gasteiger partial charge on any atom is 0.187 e. The summed E-state index contributed by atoms with van der Waals surface area (Å²) in [6.45, 7) is 1.64. The molecule has 3 unspecified atom stereocenters. The van der Waals surface area contributed by atoms with Crippen LogP contribution in [0.25, 0.3) is 0 Å². The summed E-state index contributed by atoms with van der Waals surface area (Å²) >= 11 is 0. The monoisotopic (exact) mass is 380 g/mol. The minimum atomic E-state index is -0.440. The number of methoxy groups -OCH3 is 2. The summed E-state index contributed by atoms with van der Waals surface area (Å²) in [5, 5.41) is 0. The molecule has 27 heavy (non-hydrogen) atoms. The molecule has 7 heteroatoms. The molecule has 3 fully saturated rings. The van der Waals surface area contributed by atoms with E-state index in [1.54, 1.807) is 14.2 Å². The normalized spacial score (nSPS) is 35.9. The van der Waals surface area contributed by atoms with Crippen molar-refractivity contribution >= 4 is 0 Å². The number of hydrogen-bond acceptors (Lipinski definition) is 7. The van der Waals surface area contributed by atoms with Crippen molar-refractivity contribution in [3.63, 3.8) is 0 Å². The van der Waals surface area contributed by atoms with E-state index in [1.165, 1.54) is 0 Å². The molecule has 150 valence electrons. The minimum absolute atomic E-state index is 0.161. The summed E-state index contributed by atoms with van der Waals surface area (Å²) in [6.07, 6.45) is 1.33. The highest BCUT2D eigenvalue weighted by molar-refractivity contribution is 5.26. The first-order valence-corrected chi connectivity index (χ1v) is 9.60. The highest BCUT2D eigenvalue weighted by Gasteiger charge is 2.53. The first-order valence-electron chi connectivity index (χ1n) is 9.60. The van der Waals surface area contributed by atoms with Crippen molar-refractivity contribution in [2.75, 3.05) is 27.4 Å². The van der Waals surface area contributed by atoms with Gasteiger partial charge in [-0.15, -0.1) is 0 Å². The van der Waals surface area contributed by atoms with Crippen molar-refractivity contribution < 1.29 is 33.2 Å². The van der Waals surface area contributed by atoms with Crippen LogP contribution in [-0.2, 0) is 35.0 Å². The second kappa shape index (κ2) is 8.86. The lowest BCUT2D eigenvalue weighted by atomic mass is 10.00. The minimum Gasteiger partial charge on any atom is -0.497 e. The summed E-state index contributed by atoms with van der Waals surface area (Å²) in [7, 11) is 3.33. The Hall–Kier alpha value is -1.22. The first kappa shape index (κ1) is 19.1. The van der Waals surface area contributed by atoms with Crippen LogP contribution in [0.1, 0.15) is 24.8 Å². The zero-order valence-corrected chi connectivity index (χ0v) is 15.9. The predicted molar refractivity (Wildman–Crippen MR) is 95.4 cm³/mol. The quantitative estimate of drug-likeness (QED) is 0.719. The van der Waals surface area contributed by atoms with Crippen molar-refractivity contribution in [2.45, 2.75) is 62.9 Å². The number of fused-ring (bicyclic) bond motifs is 2. The average Bonchev–Trinajstić information content (AvgIpc) is 3.16. The van der Waals surface area contributed by atoms with Crippen LogP contribution in [0.5, 0.6) is 5.75 Å². The predicted octanol–water partition coefficient (Wildman–Crippen LogP) is 2.26. The maximum absolute atomic E-state index is 6.23. The van der Waals surface area contributed by atoms with Crippen molar-refractivity contribution in [1.82, 2.24) is 0 Å². The van der Waals surface area contributed by atoms with Crippen molar-refractivity contribution in [3.8, 4) is 5.75 Å². The van der Waals surface area contributed by atoms with Gasteiger partial charge < -0.3 is 33.2 Å². The van der Waals surface area contributed by atoms with Gasteiger partial charge in [-0.1, -0.05) is 12.1 Å². The average molecular weight is 380 g/mol. The van der Waals surface area contributed by atoms with Crippen LogP contribution in [0.2, 0.25) is 0 Å². The lowest BCUT2D eigenvalue weighted by molar-refractivity contribution is -0.292. The van der Waals surface area contributed by atoms with Gasteiger partial charge in [0.25, 0.3) is 0 Å². The molecule has 0 radical (unpaired) electrons. The molecule has 3 aliphatic heterocycles. The Balaban J connectivity index is 1.42. The van der Waals surface area contributed by atoms with Crippen LogP contribution < -0.4 is 4.74 Å². The standard InChI is InChI=1S/C20H28O7/c1-21-14-8-6-13(7-9-14)11-24-19-18(22-2)17(15-12-25-20(19)26-15)27-16-5-3-4-10-23-16/h6-9,15-20H,3-5,10-12H2,1-2H3/t15?,16?,17-,18-,19?,20-/m1/s1. The van der Waals surface area contributed by atoms with Crippen LogP contribution in [0, 0.1) is 0 Å². The third-order valence-corrected chi connectivity index (χ3v) is 5.34. The van der Waals surface area contributed by atoms with E-state index in [0.29, 0.717) is 13.2 Å². The smallest absolute Gasteiger partial charge is 0.187 e. The third kappa shape index (κ3) is 4.29. The van der Waals surface area contributed by atoms with Crippen LogP contribution in [0.15, 0.2) is 24.3 Å². The Labute approximate surface area is 159 Å². The van der Waals surface area contributed by atoms with Gasteiger partial charge in [-0.2, -0.15) is 0 Å². The van der Waals surface area contributed by atoms with Gasteiger partial charge in [-0.25, -0.2) is 0 Å². The summed E-state index contributed by atoms with van der Waals surface area (Å²) in [5.74, 6) is 0.817. The fourth-order valence-electron chi connectivity index (χ4n) is 3.85. The van der Waals surface area contributed by atoms with E-state index in [1.807, 2.05) is 24.3 Å². The van der Waals surface area contributed by atoms with Gasteiger partial charge >= 0.3 is 0 Å². The molecule has 0 saturated carbocycles. The van der Waals surface area contributed by atoms with Gasteiger partial charge in [0.05, 0.1) is 20.3 Å². The number of benzene rings is 1. The number of rotatable bonds is 7. The highest BCUT2D eigenvalue weighted by Crippen LogP contribution is 2.35. The Morgan fingerprint density at radius 1 is 1.00 bits per heavy atom. The molecule has 1 aromatic carbocycles. The van der Waals surface area contributed by atoms with Gasteiger partial charge in [0.15, 0.2) is 12.6 Å². The van der Waals surface area contributed by atoms with Gasteiger partial charge in [0.1, 0.15) is 30.2 Å². The molecule has 0 aromatic heterocycles. The SMILES string of the molecule is COc1ccc(COC2[C@@H]3OCC(O3)[C@@H](OC3CCCCO3)[C@H]2OC)cc1. The van der Waals surface area contributed by atoms with Crippen molar-refractivity contribution in [2.24, 2.45) is 0 Å². The van der Waals surface area contributed by atoms with Crippen LogP contribution in [-0.4, -0.2) is 64.4 Å². The van der Waals surface area contributed by atoms with E-state index in [4.69, 9.17) is 33.2 Å². The van der Waals surface area contributed by atoms with E-state index in [9.17, 15) is 0 Å². The number of hydrogen-bond donors (Lipinski definition) is 0. The molecular formula is C20H28O7. The molecule has 0 amide bonds. The van der Waals surface area contributed by atoms with Gasteiger partial charge in [-0.05, 0) is 37.0 Å². The fourth-order valence-corrected chi connectivity index (χ4v) is 3.85. The number of ether oxygens (including phenoxy) is 7. The van der Waals surface area contributed by atoms with Crippen molar-refractivity contribution in [1.29, 1.82) is 0 Å². The molecule has 3 saturated heterocycles. The zero-order chi connectivity index (χ0) is 18.6.